The fourth-order valence-corrected chi connectivity index (χ4v) is 1.56. The van der Waals surface area contributed by atoms with Crippen LogP contribution in [0.15, 0.2) is 12.7 Å². The third-order valence-corrected chi connectivity index (χ3v) is 2.77. The van der Waals surface area contributed by atoms with Crippen molar-refractivity contribution in [3.63, 3.8) is 0 Å². The molecular weight excluding hydrogens is 238 g/mol. The van der Waals surface area contributed by atoms with Crippen LogP contribution in [0, 0.1) is 11.8 Å². The van der Waals surface area contributed by atoms with Crippen molar-refractivity contribution in [2.75, 3.05) is 13.2 Å². The second-order valence-corrected chi connectivity index (χ2v) is 4.01. The summed E-state index contributed by atoms with van der Waals surface area (Å²) in [6.07, 6.45) is -0.429. The second kappa shape index (κ2) is 8.79. The molecule has 18 heavy (non-hydrogen) atoms. The van der Waals surface area contributed by atoms with Crippen molar-refractivity contribution in [2.24, 2.45) is 11.8 Å². The van der Waals surface area contributed by atoms with Crippen LogP contribution in [0.2, 0.25) is 0 Å². The van der Waals surface area contributed by atoms with Gasteiger partial charge in [0, 0.05) is 24.8 Å². The topological polar surface area (TPSA) is 107 Å². The Balaban J connectivity index is 4.61. The van der Waals surface area contributed by atoms with E-state index in [9.17, 15) is 19.8 Å². The monoisotopic (exact) mass is 259 g/mol. The van der Waals surface area contributed by atoms with Gasteiger partial charge in [-0.15, -0.1) is 6.58 Å². The van der Waals surface area contributed by atoms with E-state index in [4.69, 9.17) is 5.11 Å². The van der Waals surface area contributed by atoms with Crippen LogP contribution < -0.4 is 5.32 Å². The molecular formula is C12H21NO5. The van der Waals surface area contributed by atoms with Gasteiger partial charge in [0.15, 0.2) is 0 Å². The van der Waals surface area contributed by atoms with Gasteiger partial charge >= 0.3 is 0 Å². The maximum Gasteiger partial charge on any atom is 0.219 e. The van der Waals surface area contributed by atoms with E-state index in [1.165, 1.54) is 6.08 Å². The lowest BCUT2D eigenvalue weighted by Crippen LogP contribution is -2.42. The molecule has 6 nitrogen and oxygen atoms in total. The molecule has 0 radical (unpaired) electrons. The zero-order chi connectivity index (χ0) is 14.1. The van der Waals surface area contributed by atoms with Gasteiger partial charge in [0.2, 0.25) is 5.91 Å². The minimum Gasteiger partial charge on any atom is -0.394 e. The molecule has 0 aliphatic heterocycles. The average Bonchev–Trinajstić information content (AvgIpc) is 2.41. The molecule has 0 aromatic carbocycles. The van der Waals surface area contributed by atoms with Gasteiger partial charge in [0.25, 0.3) is 0 Å². The minimum absolute atomic E-state index is 0.0576. The highest BCUT2D eigenvalue weighted by Crippen LogP contribution is 2.18. The van der Waals surface area contributed by atoms with E-state index in [0.29, 0.717) is 12.7 Å². The van der Waals surface area contributed by atoms with Gasteiger partial charge in [-0.1, -0.05) is 13.0 Å². The lowest BCUT2D eigenvalue weighted by molar-refractivity contribution is -0.122. The Hall–Kier alpha value is -1.24. The number of carbonyl (C=O) groups is 2. The lowest BCUT2D eigenvalue weighted by atomic mass is 9.86. The van der Waals surface area contributed by atoms with Crippen molar-refractivity contribution >= 4 is 12.2 Å². The Bertz CT molecular complexity index is 282. The summed E-state index contributed by atoms with van der Waals surface area (Å²) in [4.78, 5) is 22.1. The summed E-state index contributed by atoms with van der Waals surface area (Å²) in [6.45, 7) is 4.62. The molecule has 0 spiro atoms. The molecule has 4 N–H and O–H groups in total. The van der Waals surface area contributed by atoms with E-state index >= 15 is 0 Å². The van der Waals surface area contributed by atoms with Crippen LogP contribution in [0.3, 0.4) is 0 Å². The van der Waals surface area contributed by atoms with Crippen LogP contribution >= 0.6 is 0 Å². The molecule has 0 aliphatic rings. The van der Waals surface area contributed by atoms with Crippen LogP contribution in [-0.2, 0) is 9.59 Å². The number of carbonyl (C=O) groups excluding carboxylic acids is 2. The zero-order valence-corrected chi connectivity index (χ0v) is 10.5. The van der Waals surface area contributed by atoms with Crippen LogP contribution in [0.4, 0.5) is 0 Å². The van der Waals surface area contributed by atoms with Gasteiger partial charge in [-0.25, -0.2) is 0 Å². The van der Waals surface area contributed by atoms with Crippen molar-refractivity contribution in [3.8, 4) is 0 Å². The van der Waals surface area contributed by atoms with E-state index in [1.807, 2.05) is 0 Å². The maximum atomic E-state index is 11.1. The highest BCUT2D eigenvalue weighted by Gasteiger charge is 2.30. The normalized spacial score (nSPS) is 17.3. The number of aldehydes is 1. The fraction of sp³-hybridized carbons (Fsp3) is 0.667. The van der Waals surface area contributed by atoms with Gasteiger partial charge in [-0.3, -0.25) is 4.79 Å². The van der Waals surface area contributed by atoms with Crippen LogP contribution in [-0.4, -0.2) is 52.9 Å². The number of aliphatic hydroxyl groups excluding tert-OH is 3. The molecule has 0 fully saturated rings. The number of hydrogen-bond donors (Lipinski definition) is 4. The van der Waals surface area contributed by atoms with E-state index in [2.05, 4.69) is 11.9 Å². The van der Waals surface area contributed by atoms with Gasteiger partial charge in [-0.2, -0.15) is 0 Å². The number of rotatable bonds is 9. The smallest absolute Gasteiger partial charge is 0.219 e. The SMILES string of the molecule is C=C[C@@H]([C@H](O)[C@H](O)CO)[C@@H](C=O)CNC(=O)CC. The Morgan fingerprint density at radius 1 is 1.44 bits per heavy atom. The standard InChI is InChI=1S/C12H21NO5/c1-3-9(12(18)10(16)7-15)8(6-14)5-13-11(17)4-2/h3,6,8-10,12,15-16,18H,1,4-5,7H2,2H3,(H,13,17)/t8-,9-,10-,12+/m1/s1. The predicted molar refractivity (Wildman–Crippen MR) is 65.6 cm³/mol. The zero-order valence-electron chi connectivity index (χ0n) is 10.5. The first kappa shape index (κ1) is 16.8. The van der Waals surface area contributed by atoms with Gasteiger partial charge < -0.3 is 25.4 Å². The summed E-state index contributed by atoms with van der Waals surface area (Å²) in [5.41, 5.74) is 0. The summed E-state index contributed by atoms with van der Waals surface area (Å²) in [5.74, 6) is -1.64. The Morgan fingerprint density at radius 3 is 2.44 bits per heavy atom. The van der Waals surface area contributed by atoms with Gasteiger partial charge in [0.1, 0.15) is 12.4 Å². The lowest BCUT2D eigenvalue weighted by Gasteiger charge is -2.27. The number of aliphatic hydroxyl groups is 3. The molecule has 0 rings (SSSR count). The van der Waals surface area contributed by atoms with Crippen LogP contribution in [0.25, 0.3) is 0 Å². The van der Waals surface area contributed by atoms with E-state index in [-0.39, 0.29) is 12.5 Å². The van der Waals surface area contributed by atoms with E-state index in [0.717, 1.165) is 0 Å². The highest BCUT2D eigenvalue weighted by atomic mass is 16.4. The minimum atomic E-state index is -1.35. The Kier molecular flexibility index (Phi) is 8.19. The van der Waals surface area contributed by atoms with E-state index < -0.39 is 30.7 Å². The Labute approximate surface area is 106 Å². The first-order valence-electron chi connectivity index (χ1n) is 5.83. The first-order valence-corrected chi connectivity index (χ1v) is 5.83. The van der Waals surface area contributed by atoms with Crippen LogP contribution in [0.1, 0.15) is 13.3 Å². The van der Waals surface area contributed by atoms with Crippen LogP contribution in [0.5, 0.6) is 0 Å². The third-order valence-electron chi connectivity index (χ3n) is 2.77. The Morgan fingerprint density at radius 2 is 2.06 bits per heavy atom. The molecule has 6 heteroatoms. The number of nitrogens with one attached hydrogen (secondary N) is 1. The molecule has 1 amide bonds. The van der Waals surface area contributed by atoms with Gasteiger partial charge in [-0.05, 0) is 0 Å². The molecule has 104 valence electrons. The van der Waals surface area contributed by atoms with Gasteiger partial charge in [0.05, 0.1) is 12.7 Å². The quantitative estimate of drug-likeness (QED) is 0.309. The van der Waals surface area contributed by atoms with Crippen molar-refractivity contribution in [3.05, 3.63) is 12.7 Å². The summed E-state index contributed by atoms with van der Waals surface area (Å²) in [6, 6.07) is 0. The molecule has 0 aromatic rings. The molecule has 0 aromatic heterocycles. The second-order valence-electron chi connectivity index (χ2n) is 4.01. The molecule has 0 saturated heterocycles. The fourth-order valence-electron chi connectivity index (χ4n) is 1.56. The van der Waals surface area contributed by atoms with Crippen molar-refractivity contribution in [1.29, 1.82) is 0 Å². The molecule has 0 unspecified atom stereocenters. The molecule has 4 atom stereocenters. The summed E-state index contributed by atoms with van der Waals surface area (Å²) in [7, 11) is 0. The van der Waals surface area contributed by atoms with Crippen molar-refractivity contribution in [2.45, 2.75) is 25.6 Å². The molecule has 0 bridgehead atoms. The largest absolute Gasteiger partial charge is 0.394 e. The molecule has 0 saturated carbocycles. The summed E-state index contributed by atoms with van der Waals surface area (Å²) in [5, 5.41) is 30.4. The highest BCUT2D eigenvalue weighted by molar-refractivity contribution is 5.75. The van der Waals surface area contributed by atoms with Crippen molar-refractivity contribution < 1.29 is 24.9 Å². The molecule has 0 aliphatic carbocycles. The van der Waals surface area contributed by atoms with Crippen molar-refractivity contribution in [1.82, 2.24) is 5.32 Å². The molecule has 0 heterocycles. The maximum absolute atomic E-state index is 11.1. The summed E-state index contributed by atoms with van der Waals surface area (Å²) < 4.78 is 0. The number of hydrogen-bond acceptors (Lipinski definition) is 5. The predicted octanol–water partition coefficient (Wildman–Crippen LogP) is -1.16. The number of amides is 1. The van der Waals surface area contributed by atoms with E-state index in [1.54, 1.807) is 6.92 Å². The summed E-state index contributed by atoms with van der Waals surface area (Å²) >= 11 is 0. The first-order chi connectivity index (χ1) is 8.51. The third kappa shape index (κ3) is 4.95. The average molecular weight is 259 g/mol.